The summed E-state index contributed by atoms with van der Waals surface area (Å²) < 4.78 is 1.26. The van der Waals surface area contributed by atoms with Gasteiger partial charge in [0.2, 0.25) is 0 Å². The van der Waals surface area contributed by atoms with Crippen LogP contribution in [0.1, 0.15) is 31.2 Å². The maximum Gasteiger partial charge on any atom is 0.0207 e. The highest BCUT2D eigenvalue weighted by Crippen LogP contribution is 2.49. The molecule has 0 amide bonds. The molecule has 1 aromatic carbocycles. The van der Waals surface area contributed by atoms with Crippen molar-refractivity contribution in [3.05, 3.63) is 34.3 Å². The van der Waals surface area contributed by atoms with E-state index in [2.05, 4.69) is 52.6 Å². The first-order valence-corrected chi connectivity index (χ1v) is 7.98. The molecule has 98 valence electrons. The molecule has 2 heteroatoms. The van der Waals surface area contributed by atoms with E-state index in [1.807, 2.05) is 0 Å². The fourth-order valence-electron chi connectivity index (χ4n) is 4.16. The van der Waals surface area contributed by atoms with Crippen LogP contribution in [0.2, 0.25) is 0 Å². The lowest BCUT2D eigenvalue weighted by atomic mass is 9.81. The largest absolute Gasteiger partial charge is 0.316 e. The number of rotatable bonds is 4. The molecule has 2 aliphatic rings. The Labute approximate surface area is 118 Å². The van der Waals surface area contributed by atoms with Crippen molar-refractivity contribution in [1.29, 1.82) is 0 Å². The number of hydrogen-bond acceptors (Lipinski definition) is 1. The Hall–Kier alpha value is -0.340. The van der Waals surface area contributed by atoms with E-state index in [0.29, 0.717) is 6.04 Å². The Morgan fingerprint density at radius 2 is 2.11 bits per heavy atom. The Balaban J connectivity index is 1.72. The van der Waals surface area contributed by atoms with E-state index in [-0.39, 0.29) is 0 Å². The molecule has 4 unspecified atom stereocenters. The van der Waals surface area contributed by atoms with Gasteiger partial charge in [-0.3, -0.25) is 0 Å². The van der Waals surface area contributed by atoms with Gasteiger partial charge < -0.3 is 5.32 Å². The first kappa shape index (κ1) is 12.7. The van der Waals surface area contributed by atoms with Crippen molar-refractivity contribution in [1.82, 2.24) is 5.32 Å². The van der Waals surface area contributed by atoms with E-state index >= 15 is 0 Å². The third-order valence-corrected chi connectivity index (χ3v) is 5.85. The van der Waals surface area contributed by atoms with E-state index in [4.69, 9.17) is 0 Å². The number of likely N-dealkylation sites (N-methyl/N-ethyl adjacent to an activating group) is 1. The summed E-state index contributed by atoms with van der Waals surface area (Å²) in [7, 11) is 2.13. The first-order chi connectivity index (χ1) is 8.78. The number of nitrogens with one attached hydrogen (secondary N) is 1. The molecule has 4 atom stereocenters. The normalized spacial score (nSPS) is 31.8. The highest BCUT2D eigenvalue weighted by atomic mass is 79.9. The van der Waals surface area contributed by atoms with E-state index in [9.17, 15) is 0 Å². The fraction of sp³-hybridized carbons (Fsp3) is 0.625. The standard InChI is InChI=1S/C16H22BrN/c1-18-16(10-13-4-2-3-5-15(13)17)14-9-11-6-7-12(14)8-11/h2-5,11-12,14,16,18H,6-10H2,1H3. The number of hydrogen-bond donors (Lipinski definition) is 1. The molecule has 3 rings (SSSR count). The van der Waals surface area contributed by atoms with Crippen LogP contribution in [-0.2, 0) is 6.42 Å². The summed E-state index contributed by atoms with van der Waals surface area (Å²) in [5, 5.41) is 3.58. The van der Waals surface area contributed by atoms with Crippen LogP contribution in [-0.4, -0.2) is 13.1 Å². The second kappa shape index (κ2) is 5.34. The summed E-state index contributed by atoms with van der Waals surface area (Å²) in [6, 6.07) is 9.30. The van der Waals surface area contributed by atoms with Gasteiger partial charge in [-0.15, -0.1) is 0 Å². The van der Waals surface area contributed by atoms with Gasteiger partial charge in [-0.05, 0) is 62.1 Å². The molecule has 1 nitrogen and oxygen atoms in total. The van der Waals surface area contributed by atoms with E-state index in [1.165, 1.54) is 35.7 Å². The molecule has 0 aliphatic heterocycles. The summed E-state index contributed by atoms with van der Waals surface area (Å²) in [5.74, 6) is 2.94. The molecule has 18 heavy (non-hydrogen) atoms. The van der Waals surface area contributed by atoms with Gasteiger partial charge in [0.1, 0.15) is 0 Å². The monoisotopic (exact) mass is 307 g/mol. The zero-order chi connectivity index (χ0) is 12.5. The van der Waals surface area contributed by atoms with Crippen molar-refractivity contribution < 1.29 is 0 Å². The van der Waals surface area contributed by atoms with Crippen molar-refractivity contribution in [2.24, 2.45) is 17.8 Å². The summed E-state index contributed by atoms with van der Waals surface area (Å²) >= 11 is 3.68. The molecule has 0 spiro atoms. The van der Waals surface area contributed by atoms with Crippen molar-refractivity contribution >= 4 is 15.9 Å². The predicted molar refractivity (Wildman–Crippen MR) is 79.6 cm³/mol. The molecule has 2 fully saturated rings. The van der Waals surface area contributed by atoms with Crippen LogP contribution in [0.15, 0.2) is 28.7 Å². The summed E-state index contributed by atoms with van der Waals surface area (Å²) in [6.07, 6.45) is 7.08. The Bertz CT molecular complexity index is 417. The maximum atomic E-state index is 3.68. The van der Waals surface area contributed by atoms with Crippen LogP contribution in [0.25, 0.3) is 0 Å². The van der Waals surface area contributed by atoms with Crippen molar-refractivity contribution in [3.8, 4) is 0 Å². The van der Waals surface area contributed by atoms with Crippen LogP contribution < -0.4 is 5.32 Å². The summed E-state index contributed by atoms with van der Waals surface area (Å²) in [6.45, 7) is 0. The van der Waals surface area contributed by atoms with Crippen molar-refractivity contribution in [2.75, 3.05) is 7.05 Å². The van der Waals surface area contributed by atoms with Gasteiger partial charge in [0.25, 0.3) is 0 Å². The molecule has 1 aromatic rings. The number of halogens is 1. The van der Waals surface area contributed by atoms with Crippen molar-refractivity contribution in [3.63, 3.8) is 0 Å². The molecular weight excluding hydrogens is 286 g/mol. The maximum absolute atomic E-state index is 3.68. The Kier molecular flexibility index (Phi) is 3.76. The minimum atomic E-state index is 0.652. The third kappa shape index (κ3) is 2.37. The summed E-state index contributed by atoms with van der Waals surface area (Å²) in [4.78, 5) is 0. The number of benzene rings is 1. The zero-order valence-corrected chi connectivity index (χ0v) is 12.6. The average molecular weight is 308 g/mol. The first-order valence-electron chi connectivity index (χ1n) is 7.18. The molecule has 1 N–H and O–H groups in total. The molecule has 2 saturated carbocycles. The second-order valence-electron chi connectivity index (χ2n) is 6.03. The lowest BCUT2D eigenvalue weighted by molar-refractivity contribution is 0.255. The zero-order valence-electron chi connectivity index (χ0n) is 11.0. The topological polar surface area (TPSA) is 12.0 Å². The van der Waals surface area contributed by atoms with Crippen LogP contribution in [0.3, 0.4) is 0 Å². The van der Waals surface area contributed by atoms with Gasteiger partial charge in [-0.1, -0.05) is 40.5 Å². The number of fused-ring (bicyclic) bond motifs is 2. The van der Waals surface area contributed by atoms with Crippen LogP contribution in [0, 0.1) is 17.8 Å². The quantitative estimate of drug-likeness (QED) is 0.886. The van der Waals surface area contributed by atoms with Gasteiger partial charge in [0.05, 0.1) is 0 Å². The van der Waals surface area contributed by atoms with E-state index in [1.54, 1.807) is 0 Å². The Morgan fingerprint density at radius 3 is 2.72 bits per heavy atom. The molecule has 2 aliphatic carbocycles. The summed E-state index contributed by atoms with van der Waals surface area (Å²) in [5.41, 5.74) is 1.44. The van der Waals surface area contributed by atoms with Gasteiger partial charge in [-0.25, -0.2) is 0 Å². The van der Waals surface area contributed by atoms with Gasteiger partial charge >= 0.3 is 0 Å². The predicted octanol–water partition coefficient (Wildman–Crippen LogP) is 4.02. The van der Waals surface area contributed by atoms with E-state index in [0.717, 1.165) is 24.2 Å². The lowest BCUT2D eigenvalue weighted by Gasteiger charge is -2.30. The van der Waals surface area contributed by atoms with Crippen LogP contribution >= 0.6 is 15.9 Å². The SMILES string of the molecule is CNC(Cc1ccccc1Br)C1CC2CCC1C2. The van der Waals surface area contributed by atoms with Crippen LogP contribution in [0.5, 0.6) is 0 Å². The highest BCUT2D eigenvalue weighted by molar-refractivity contribution is 9.10. The fourth-order valence-corrected chi connectivity index (χ4v) is 4.60. The molecule has 2 bridgehead atoms. The molecule has 0 aromatic heterocycles. The van der Waals surface area contributed by atoms with Gasteiger partial charge in [-0.2, -0.15) is 0 Å². The Morgan fingerprint density at radius 1 is 1.28 bits per heavy atom. The minimum absolute atomic E-state index is 0.652. The lowest BCUT2D eigenvalue weighted by Crippen LogP contribution is -2.38. The average Bonchev–Trinajstić information content (AvgIpc) is 3.00. The van der Waals surface area contributed by atoms with Crippen LogP contribution in [0.4, 0.5) is 0 Å². The molecular formula is C16H22BrN. The highest BCUT2D eigenvalue weighted by Gasteiger charge is 2.42. The van der Waals surface area contributed by atoms with Gasteiger partial charge in [0.15, 0.2) is 0 Å². The van der Waals surface area contributed by atoms with E-state index < -0.39 is 0 Å². The van der Waals surface area contributed by atoms with Gasteiger partial charge in [0, 0.05) is 10.5 Å². The molecule has 0 saturated heterocycles. The third-order valence-electron chi connectivity index (χ3n) is 5.08. The smallest absolute Gasteiger partial charge is 0.0207 e. The minimum Gasteiger partial charge on any atom is -0.316 e. The van der Waals surface area contributed by atoms with Crippen molar-refractivity contribution in [2.45, 2.75) is 38.1 Å². The molecule has 0 radical (unpaired) electrons. The second-order valence-corrected chi connectivity index (χ2v) is 6.88. The molecule has 0 heterocycles.